The largest absolute Gasteiger partial charge is 0.495 e. The standard InChI is InChI=1S/C20H19FN4O3S/c1-12(13-7-9-14(21)10-8-13)24-25-20-23-19(27)17(29-20)11-18(26)22-15-5-3-4-6-16(15)28-2/h3-10,17H,11H2,1-2H3,(H,22,26)(H,23,25,27)/b24-12+. The zero-order chi connectivity index (χ0) is 20.8. The molecule has 7 nitrogen and oxygen atoms in total. The van der Waals surface area contributed by atoms with Crippen LogP contribution in [0.15, 0.2) is 58.7 Å². The molecule has 1 aliphatic rings. The van der Waals surface area contributed by atoms with Crippen molar-refractivity contribution in [3.63, 3.8) is 0 Å². The van der Waals surface area contributed by atoms with Gasteiger partial charge in [0.1, 0.15) is 16.8 Å². The van der Waals surface area contributed by atoms with E-state index in [1.807, 2.05) is 0 Å². The highest BCUT2D eigenvalue weighted by Gasteiger charge is 2.32. The normalized spacial score (nSPS) is 17.9. The van der Waals surface area contributed by atoms with Crippen LogP contribution in [0.1, 0.15) is 18.9 Å². The summed E-state index contributed by atoms with van der Waals surface area (Å²) in [4.78, 5) is 24.4. The highest BCUT2D eigenvalue weighted by atomic mass is 32.2. The Kier molecular flexibility index (Phi) is 6.61. The number of carbonyl (C=O) groups excluding carboxylic acids is 2. The number of anilines is 1. The molecule has 1 saturated heterocycles. The number of carbonyl (C=O) groups is 2. The molecule has 3 rings (SSSR count). The van der Waals surface area contributed by atoms with Crippen molar-refractivity contribution in [2.45, 2.75) is 18.6 Å². The van der Waals surface area contributed by atoms with Gasteiger partial charge in [-0.25, -0.2) is 4.39 Å². The van der Waals surface area contributed by atoms with E-state index in [4.69, 9.17) is 4.74 Å². The first-order valence-corrected chi connectivity index (χ1v) is 9.63. The summed E-state index contributed by atoms with van der Waals surface area (Å²) >= 11 is 1.14. The number of rotatable bonds is 6. The first kappa shape index (κ1) is 20.5. The maximum Gasteiger partial charge on any atom is 0.240 e. The minimum absolute atomic E-state index is 0.0196. The average molecular weight is 414 g/mol. The van der Waals surface area contributed by atoms with E-state index in [9.17, 15) is 14.0 Å². The third-order valence-corrected chi connectivity index (χ3v) is 5.15. The Morgan fingerprint density at radius 1 is 1.24 bits per heavy atom. The number of amides is 2. The van der Waals surface area contributed by atoms with E-state index in [1.165, 1.54) is 19.2 Å². The van der Waals surface area contributed by atoms with Gasteiger partial charge in [0.2, 0.25) is 11.8 Å². The molecule has 1 heterocycles. The lowest BCUT2D eigenvalue weighted by Crippen LogP contribution is -2.28. The molecule has 0 radical (unpaired) electrons. The molecule has 0 saturated carbocycles. The molecule has 2 aromatic rings. The molecule has 0 aliphatic carbocycles. The van der Waals surface area contributed by atoms with Crippen LogP contribution in [0.2, 0.25) is 0 Å². The minimum Gasteiger partial charge on any atom is -0.495 e. The van der Waals surface area contributed by atoms with Crippen molar-refractivity contribution in [3.8, 4) is 5.75 Å². The second-order valence-corrected chi connectivity index (χ2v) is 7.34. The number of halogens is 1. The number of nitrogens with one attached hydrogen (secondary N) is 2. The molecule has 2 N–H and O–H groups in total. The van der Waals surface area contributed by atoms with Gasteiger partial charge in [-0.1, -0.05) is 36.0 Å². The Labute approximate surface area is 171 Å². The average Bonchev–Trinajstić information content (AvgIpc) is 3.06. The van der Waals surface area contributed by atoms with Gasteiger partial charge < -0.3 is 15.4 Å². The highest BCUT2D eigenvalue weighted by molar-refractivity contribution is 8.15. The molecule has 9 heteroatoms. The molecule has 0 spiro atoms. The second kappa shape index (κ2) is 9.33. The molecular weight excluding hydrogens is 395 g/mol. The number of methoxy groups -OCH3 is 1. The highest BCUT2D eigenvalue weighted by Crippen LogP contribution is 2.26. The first-order valence-electron chi connectivity index (χ1n) is 8.75. The molecule has 1 fully saturated rings. The zero-order valence-electron chi connectivity index (χ0n) is 15.8. The fourth-order valence-electron chi connectivity index (χ4n) is 2.57. The Balaban J connectivity index is 1.61. The van der Waals surface area contributed by atoms with Crippen molar-refractivity contribution in [1.29, 1.82) is 0 Å². The lowest BCUT2D eigenvalue weighted by atomic mass is 10.1. The Morgan fingerprint density at radius 2 is 1.97 bits per heavy atom. The summed E-state index contributed by atoms with van der Waals surface area (Å²) in [6.07, 6.45) is -0.0196. The van der Waals surface area contributed by atoms with Gasteiger partial charge in [-0.3, -0.25) is 9.59 Å². The van der Waals surface area contributed by atoms with Gasteiger partial charge in [-0.05, 0) is 36.8 Å². The molecule has 2 amide bonds. The first-order chi connectivity index (χ1) is 14.0. The van der Waals surface area contributed by atoms with Crippen LogP contribution < -0.4 is 15.4 Å². The van der Waals surface area contributed by atoms with E-state index in [0.29, 0.717) is 22.3 Å². The monoisotopic (exact) mass is 414 g/mol. The maximum atomic E-state index is 13.0. The number of hydrogen-bond acceptors (Lipinski definition) is 6. The van der Waals surface area contributed by atoms with E-state index in [-0.39, 0.29) is 24.1 Å². The number of benzene rings is 2. The molecule has 29 heavy (non-hydrogen) atoms. The molecule has 1 unspecified atom stereocenters. The van der Waals surface area contributed by atoms with E-state index >= 15 is 0 Å². The van der Waals surface area contributed by atoms with Crippen molar-refractivity contribution in [2.24, 2.45) is 10.2 Å². The van der Waals surface area contributed by atoms with Gasteiger partial charge >= 0.3 is 0 Å². The summed E-state index contributed by atoms with van der Waals surface area (Å²) in [6.45, 7) is 1.73. The van der Waals surface area contributed by atoms with Crippen molar-refractivity contribution >= 4 is 40.1 Å². The Bertz CT molecular complexity index is 976. The molecule has 1 aliphatic heterocycles. The van der Waals surface area contributed by atoms with Crippen molar-refractivity contribution in [3.05, 3.63) is 59.9 Å². The lowest BCUT2D eigenvalue weighted by Gasteiger charge is -2.10. The number of thioether (sulfide) groups is 1. The van der Waals surface area contributed by atoms with E-state index in [1.54, 1.807) is 43.3 Å². The zero-order valence-corrected chi connectivity index (χ0v) is 16.6. The third-order valence-electron chi connectivity index (χ3n) is 4.08. The van der Waals surface area contributed by atoms with Crippen LogP contribution in [0.5, 0.6) is 5.75 Å². The second-order valence-electron chi connectivity index (χ2n) is 6.15. The van der Waals surface area contributed by atoms with Gasteiger partial charge in [0.25, 0.3) is 0 Å². The van der Waals surface area contributed by atoms with Gasteiger partial charge in [-0.2, -0.15) is 5.10 Å². The fraction of sp³-hybridized carbons (Fsp3) is 0.200. The van der Waals surface area contributed by atoms with Crippen LogP contribution in [-0.4, -0.2) is 35.1 Å². The Hall–Kier alpha value is -3.20. The van der Waals surface area contributed by atoms with Crippen molar-refractivity contribution in [1.82, 2.24) is 5.32 Å². The summed E-state index contributed by atoms with van der Waals surface area (Å²) in [5.74, 6) is -0.411. The minimum atomic E-state index is -0.607. The summed E-state index contributed by atoms with van der Waals surface area (Å²) in [7, 11) is 1.52. The predicted octanol–water partition coefficient (Wildman–Crippen LogP) is 3.17. The number of hydrogen-bond donors (Lipinski definition) is 2. The molecule has 1 atom stereocenters. The van der Waals surface area contributed by atoms with Crippen LogP contribution in [0.3, 0.4) is 0 Å². The fourth-order valence-corrected chi connectivity index (χ4v) is 3.49. The van der Waals surface area contributed by atoms with E-state index in [0.717, 1.165) is 17.3 Å². The quantitative estimate of drug-likeness (QED) is 0.561. The predicted molar refractivity (Wildman–Crippen MR) is 112 cm³/mol. The van der Waals surface area contributed by atoms with Gasteiger partial charge in [-0.15, -0.1) is 5.10 Å². The van der Waals surface area contributed by atoms with Crippen molar-refractivity contribution < 1.29 is 18.7 Å². The summed E-state index contributed by atoms with van der Waals surface area (Å²) < 4.78 is 18.2. The molecule has 0 aromatic heterocycles. The van der Waals surface area contributed by atoms with Gasteiger partial charge in [0.15, 0.2) is 5.17 Å². The van der Waals surface area contributed by atoms with Crippen LogP contribution in [0, 0.1) is 5.82 Å². The van der Waals surface area contributed by atoms with E-state index < -0.39 is 5.25 Å². The summed E-state index contributed by atoms with van der Waals surface area (Å²) in [5, 5.41) is 13.2. The number of ether oxygens (including phenoxy) is 1. The van der Waals surface area contributed by atoms with Gasteiger partial charge in [0.05, 0.1) is 18.5 Å². The smallest absolute Gasteiger partial charge is 0.240 e. The lowest BCUT2D eigenvalue weighted by molar-refractivity contribution is -0.122. The van der Waals surface area contributed by atoms with Gasteiger partial charge in [0, 0.05) is 6.42 Å². The summed E-state index contributed by atoms with van der Waals surface area (Å²) in [6, 6.07) is 12.9. The summed E-state index contributed by atoms with van der Waals surface area (Å²) in [5.41, 5.74) is 1.83. The molecule has 2 aromatic carbocycles. The van der Waals surface area contributed by atoms with Crippen LogP contribution in [-0.2, 0) is 9.59 Å². The molecular formula is C20H19FN4O3S. The van der Waals surface area contributed by atoms with Crippen LogP contribution in [0.4, 0.5) is 10.1 Å². The SMILES string of the molecule is COc1ccccc1NC(=O)CC1S/C(=N\N=C(/C)c2ccc(F)cc2)NC1=O. The van der Waals surface area contributed by atoms with Crippen LogP contribution in [0.25, 0.3) is 0 Å². The van der Waals surface area contributed by atoms with Crippen molar-refractivity contribution in [2.75, 3.05) is 12.4 Å². The van der Waals surface area contributed by atoms with E-state index in [2.05, 4.69) is 20.8 Å². The molecule has 0 bridgehead atoms. The molecule has 150 valence electrons. The number of amidine groups is 1. The van der Waals surface area contributed by atoms with Crippen LogP contribution >= 0.6 is 11.8 Å². The third kappa shape index (κ3) is 5.41. The number of para-hydroxylation sites is 2. The Morgan fingerprint density at radius 3 is 2.69 bits per heavy atom. The maximum absolute atomic E-state index is 13.0. The number of nitrogens with zero attached hydrogens (tertiary/aromatic N) is 2. The topological polar surface area (TPSA) is 92.2 Å².